The van der Waals surface area contributed by atoms with Gasteiger partial charge in [-0.05, 0) is 29.8 Å². The molecule has 1 fully saturated rings. The van der Waals surface area contributed by atoms with E-state index in [1.807, 2.05) is 12.1 Å². The fourth-order valence-corrected chi connectivity index (χ4v) is 3.04. The number of carbonyl (C=O) groups is 3. The van der Waals surface area contributed by atoms with E-state index in [1.54, 1.807) is 30.3 Å². The summed E-state index contributed by atoms with van der Waals surface area (Å²) in [7, 11) is 0. The molecule has 0 saturated carbocycles. The van der Waals surface area contributed by atoms with Crippen LogP contribution in [0.25, 0.3) is 21.8 Å². The number of imide groups is 1. The third kappa shape index (κ3) is 2.73. The summed E-state index contributed by atoms with van der Waals surface area (Å²) < 4.78 is 0. The number of benzene rings is 2. The molecular weight excluding hydrogens is 336 g/mol. The van der Waals surface area contributed by atoms with Crippen molar-refractivity contribution < 1.29 is 19.2 Å². The number of aromatic amines is 1. The van der Waals surface area contributed by atoms with E-state index >= 15 is 0 Å². The second-order valence-electron chi connectivity index (χ2n) is 6.10. The predicted octanol–water partition coefficient (Wildman–Crippen LogP) is 1.83. The van der Waals surface area contributed by atoms with Crippen molar-refractivity contribution in [3.05, 3.63) is 58.3 Å². The van der Waals surface area contributed by atoms with E-state index < -0.39 is 17.8 Å². The molecule has 7 nitrogen and oxygen atoms in total. The number of hydroxylamine groups is 2. The molecule has 130 valence electrons. The predicted molar refractivity (Wildman–Crippen MR) is 93.0 cm³/mol. The Morgan fingerprint density at radius 3 is 2.42 bits per heavy atom. The lowest BCUT2D eigenvalue weighted by Crippen LogP contribution is -2.32. The molecule has 1 N–H and O–H groups in total. The average Bonchev–Trinajstić information content (AvgIpc) is 2.94. The first-order valence-electron chi connectivity index (χ1n) is 8.13. The van der Waals surface area contributed by atoms with Gasteiger partial charge in [0.2, 0.25) is 0 Å². The fraction of sp³-hybridized carbons (Fsp3) is 0.158. The van der Waals surface area contributed by atoms with Crippen LogP contribution in [-0.4, -0.2) is 27.8 Å². The van der Waals surface area contributed by atoms with E-state index in [0.29, 0.717) is 26.9 Å². The zero-order chi connectivity index (χ0) is 18.3. The number of aromatic nitrogens is 1. The van der Waals surface area contributed by atoms with Gasteiger partial charge in [-0.1, -0.05) is 18.2 Å². The van der Waals surface area contributed by atoms with Crippen LogP contribution in [0.1, 0.15) is 18.4 Å². The normalized spacial score (nSPS) is 14.4. The van der Waals surface area contributed by atoms with Crippen LogP contribution in [0.4, 0.5) is 0 Å². The second kappa shape index (κ2) is 6.11. The van der Waals surface area contributed by atoms with Crippen LogP contribution in [0, 0.1) is 0 Å². The summed E-state index contributed by atoms with van der Waals surface area (Å²) in [5, 5.41) is 1.54. The third-order valence-corrected chi connectivity index (χ3v) is 4.32. The van der Waals surface area contributed by atoms with Gasteiger partial charge in [-0.3, -0.25) is 14.4 Å². The highest BCUT2D eigenvalue weighted by atomic mass is 16.7. The summed E-state index contributed by atoms with van der Waals surface area (Å²) in [5.74, 6) is -1.78. The van der Waals surface area contributed by atoms with Crippen LogP contribution in [0.3, 0.4) is 0 Å². The summed E-state index contributed by atoms with van der Waals surface area (Å²) in [6.07, 6.45) is -0.0612. The smallest absolute Gasteiger partial charge is 0.337 e. The number of nitrogens with zero attached hydrogens (tertiary/aromatic N) is 1. The number of nitrogens with one attached hydrogen (secondary N) is 1. The number of para-hydroxylation sites is 1. The first kappa shape index (κ1) is 16.0. The molecule has 0 atom stereocenters. The fourth-order valence-electron chi connectivity index (χ4n) is 3.04. The molecule has 1 saturated heterocycles. The molecule has 26 heavy (non-hydrogen) atoms. The maximum absolute atomic E-state index is 12.7. The molecule has 0 bridgehead atoms. The van der Waals surface area contributed by atoms with E-state index in [2.05, 4.69) is 4.98 Å². The first-order chi connectivity index (χ1) is 12.5. The third-order valence-electron chi connectivity index (χ3n) is 4.32. The van der Waals surface area contributed by atoms with Crippen LogP contribution in [0.2, 0.25) is 0 Å². The Labute approximate surface area is 147 Å². The minimum Gasteiger partial charge on any atom is -0.354 e. The lowest BCUT2D eigenvalue weighted by Gasteiger charge is -2.12. The lowest BCUT2D eigenvalue weighted by molar-refractivity contribution is -0.197. The van der Waals surface area contributed by atoms with Gasteiger partial charge in [-0.15, -0.1) is 5.06 Å². The SMILES string of the molecule is O=C(Cc1ccc2[nH]c3ccccc3c(=O)c2c1)ON1C(=O)CCC1=O. The van der Waals surface area contributed by atoms with Crippen LogP contribution < -0.4 is 5.43 Å². The number of hydrogen-bond donors (Lipinski definition) is 1. The number of H-pyrrole nitrogens is 1. The molecular formula is C19H14N2O5. The number of carbonyl (C=O) groups excluding carboxylic acids is 3. The van der Waals surface area contributed by atoms with Crippen molar-refractivity contribution in [2.75, 3.05) is 0 Å². The molecule has 0 spiro atoms. The van der Waals surface area contributed by atoms with E-state index in [-0.39, 0.29) is 24.7 Å². The number of hydrogen-bond acceptors (Lipinski definition) is 5. The van der Waals surface area contributed by atoms with Gasteiger partial charge >= 0.3 is 5.97 Å². The average molecular weight is 350 g/mol. The Kier molecular flexibility index (Phi) is 3.76. The number of amides is 2. The van der Waals surface area contributed by atoms with Gasteiger partial charge in [-0.2, -0.15) is 0 Å². The van der Waals surface area contributed by atoms with Crippen molar-refractivity contribution in [1.82, 2.24) is 10.0 Å². The Hall–Kier alpha value is -3.48. The van der Waals surface area contributed by atoms with Crippen molar-refractivity contribution in [3.8, 4) is 0 Å². The van der Waals surface area contributed by atoms with Crippen LogP contribution in [0.15, 0.2) is 47.3 Å². The van der Waals surface area contributed by atoms with E-state index in [1.165, 1.54) is 0 Å². The Bertz CT molecular complexity index is 1120. The monoisotopic (exact) mass is 350 g/mol. The quantitative estimate of drug-likeness (QED) is 0.574. The van der Waals surface area contributed by atoms with Crippen LogP contribution in [-0.2, 0) is 25.6 Å². The van der Waals surface area contributed by atoms with Gasteiger partial charge in [0.05, 0.1) is 6.42 Å². The molecule has 2 amide bonds. The highest BCUT2D eigenvalue weighted by Crippen LogP contribution is 2.17. The molecule has 0 radical (unpaired) electrons. The van der Waals surface area contributed by atoms with Gasteiger partial charge in [0, 0.05) is 34.6 Å². The van der Waals surface area contributed by atoms with E-state index in [0.717, 1.165) is 5.52 Å². The van der Waals surface area contributed by atoms with Crippen molar-refractivity contribution in [2.45, 2.75) is 19.3 Å². The molecule has 3 aromatic rings. The minimum atomic E-state index is -0.731. The van der Waals surface area contributed by atoms with Gasteiger partial charge < -0.3 is 9.82 Å². The number of rotatable bonds is 3. The van der Waals surface area contributed by atoms with Gasteiger partial charge in [-0.25, -0.2) is 4.79 Å². The first-order valence-corrected chi connectivity index (χ1v) is 8.13. The summed E-state index contributed by atoms with van der Waals surface area (Å²) in [5.41, 5.74) is 1.83. The Morgan fingerprint density at radius 1 is 0.962 bits per heavy atom. The Morgan fingerprint density at radius 2 is 1.65 bits per heavy atom. The molecule has 0 unspecified atom stereocenters. The highest BCUT2D eigenvalue weighted by molar-refractivity contribution is 6.01. The zero-order valence-corrected chi connectivity index (χ0v) is 13.7. The molecule has 1 aromatic heterocycles. The molecule has 2 heterocycles. The standard InChI is InChI=1S/C19H14N2O5/c22-16-7-8-17(23)21(16)26-18(24)10-11-5-6-15-13(9-11)19(25)12-3-1-2-4-14(12)20-15/h1-6,9H,7-8,10H2,(H,20,25). The summed E-state index contributed by atoms with van der Waals surface area (Å²) >= 11 is 0. The molecule has 1 aliphatic rings. The lowest BCUT2D eigenvalue weighted by atomic mass is 10.1. The van der Waals surface area contributed by atoms with Crippen molar-refractivity contribution in [1.29, 1.82) is 0 Å². The summed E-state index contributed by atoms with van der Waals surface area (Å²) in [6.45, 7) is 0. The van der Waals surface area contributed by atoms with Crippen molar-refractivity contribution in [2.24, 2.45) is 0 Å². The molecule has 0 aliphatic carbocycles. The van der Waals surface area contributed by atoms with Crippen molar-refractivity contribution in [3.63, 3.8) is 0 Å². The highest BCUT2D eigenvalue weighted by Gasteiger charge is 2.32. The Balaban J connectivity index is 1.63. The topological polar surface area (TPSA) is 96.5 Å². The van der Waals surface area contributed by atoms with Gasteiger partial charge in [0.25, 0.3) is 11.8 Å². The van der Waals surface area contributed by atoms with Gasteiger partial charge in [0.15, 0.2) is 5.43 Å². The molecule has 7 heteroatoms. The zero-order valence-electron chi connectivity index (χ0n) is 13.7. The molecule has 4 rings (SSSR count). The van der Waals surface area contributed by atoms with Crippen LogP contribution in [0.5, 0.6) is 0 Å². The summed E-state index contributed by atoms with van der Waals surface area (Å²) in [4.78, 5) is 55.7. The largest absolute Gasteiger partial charge is 0.354 e. The number of fused-ring (bicyclic) bond motifs is 2. The maximum Gasteiger partial charge on any atom is 0.337 e. The molecule has 1 aliphatic heterocycles. The van der Waals surface area contributed by atoms with E-state index in [9.17, 15) is 19.2 Å². The van der Waals surface area contributed by atoms with Crippen molar-refractivity contribution >= 4 is 39.6 Å². The minimum absolute atomic E-state index is 0.0462. The molecule has 2 aromatic carbocycles. The van der Waals surface area contributed by atoms with E-state index in [4.69, 9.17) is 4.84 Å². The maximum atomic E-state index is 12.7. The van der Waals surface area contributed by atoms with Crippen LogP contribution >= 0.6 is 0 Å². The number of pyridine rings is 1. The summed E-state index contributed by atoms with van der Waals surface area (Å²) in [6, 6.07) is 12.2. The second-order valence-corrected chi connectivity index (χ2v) is 6.10. The van der Waals surface area contributed by atoms with Gasteiger partial charge in [0.1, 0.15) is 0 Å².